The largest absolute Gasteiger partial charge is 0.467 e. The predicted octanol–water partition coefficient (Wildman–Crippen LogP) is 3.95. The summed E-state index contributed by atoms with van der Waals surface area (Å²) in [5.41, 5.74) is 2.37. The number of imide groups is 1. The normalized spacial score (nSPS) is 17.4. The highest BCUT2D eigenvalue weighted by Crippen LogP contribution is 2.33. The molecule has 2 aliphatic heterocycles. The van der Waals surface area contributed by atoms with Crippen molar-refractivity contribution in [3.8, 4) is 23.0 Å². The molecule has 0 spiro atoms. The molecule has 4 heterocycles. The van der Waals surface area contributed by atoms with E-state index in [0.717, 1.165) is 10.6 Å². The van der Waals surface area contributed by atoms with Gasteiger partial charge in [0.25, 0.3) is 11.8 Å². The molecule has 0 N–H and O–H groups in total. The van der Waals surface area contributed by atoms with E-state index in [1.165, 1.54) is 16.6 Å². The van der Waals surface area contributed by atoms with Crippen LogP contribution in [0.4, 0.5) is 0 Å². The third-order valence-corrected chi connectivity index (χ3v) is 9.39. The maximum Gasteiger partial charge on any atom is 0.272 e. The number of rotatable bonds is 7. The lowest BCUT2D eigenvalue weighted by molar-refractivity contribution is -0.141. The van der Waals surface area contributed by atoms with Crippen LogP contribution in [0, 0.1) is 11.3 Å². The lowest BCUT2D eigenvalue weighted by atomic mass is 9.93. The van der Waals surface area contributed by atoms with Gasteiger partial charge in [-0.15, -0.1) is 0 Å². The van der Waals surface area contributed by atoms with Gasteiger partial charge in [-0.3, -0.25) is 14.5 Å². The van der Waals surface area contributed by atoms with Crippen LogP contribution in [0.5, 0.6) is 0 Å². The van der Waals surface area contributed by atoms with Gasteiger partial charge >= 0.3 is 0 Å². The van der Waals surface area contributed by atoms with E-state index in [0.29, 0.717) is 35.8 Å². The van der Waals surface area contributed by atoms with Gasteiger partial charge in [-0.05, 0) is 55.0 Å². The summed E-state index contributed by atoms with van der Waals surface area (Å²) in [6.07, 6.45) is 4.75. The van der Waals surface area contributed by atoms with Crippen LogP contribution in [-0.4, -0.2) is 65.5 Å². The standard InChI is InChI=1S/C32H27N5O6S/c1-22-28(31(38)36(32(39)29(22)19-33)21-26-10-6-14-43-26)18-24-20-37(25-8-3-2-4-9-25)34-30(24)23-7-5-11-27(17-23)44(40,41)35-12-15-42-16-13-35/h2-11,14,17-18,20H,12-13,15-16,21H2,1H3/b28-18+. The average Bonchev–Trinajstić information content (AvgIpc) is 3.73. The number of carbonyl (C=O) groups excluding carboxylic acids is 2. The third-order valence-electron chi connectivity index (χ3n) is 7.50. The van der Waals surface area contributed by atoms with Crippen LogP contribution >= 0.6 is 0 Å². The molecule has 0 radical (unpaired) electrons. The minimum atomic E-state index is -3.79. The van der Waals surface area contributed by atoms with Crippen molar-refractivity contribution in [2.75, 3.05) is 26.3 Å². The highest BCUT2D eigenvalue weighted by molar-refractivity contribution is 7.89. The Hall–Kier alpha value is -5.09. The van der Waals surface area contributed by atoms with E-state index < -0.39 is 21.8 Å². The molecule has 2 amide bonds. The minimum Gasteiger partial charge on any atom is -0.467 e. The number of sulfonamides is 1. The Balaban J connectivity index is 1.48. The molecular weight excluding hydrogens is 582 g/mol. The zero-order valence-electron chi connectivity index (χ0n) is 23.7. The average molecular weight is 610 g/mol. The van der Waals surface area contributed by atoms with Crippen molar-refractivity contribution in [2.24, 2.45) is 0 Å². The Labute approximate surface area is 253 Å². The van der Waals surface area contributed by atoms with Crippen LogP contribution in [0.2, 0.25) is 0 Å². The summed E-state index contributed by atoms with van der Waals surface area (Å²) in [5, 5.41) is 14.6. The van der Waals surface area contributed by atoms with Gasteiger partial charge in [0.1, 0.15) is 23.1 Å². The maximum absolute atomic E-state index is 13.8. The van der Waals surface area contributed by atoms with Crippen molar-refractivity contribution in [2.45, 2.75) is 18.4 Å². The van der Waals surface area contributed by atoms with Crippen LogP contribution in [0.3, 0.4) is 0 Å². The van der Waals surface area contributed by atoms with Crippen molar-refractivity contribution < 1.29 is 27.2 Å². The number of nitriles is 1. The van der Waals surface area contributed by atoms with Gasteiger partial charge in [-0.1, -0.05) is 30.3 Å². The quantitative estimate of drug-likeness (QED) is 0.227. The first-order chi connectivity index (χ1) is 21.3. The molecule has 12 heteroatoms. The van der Waals surface area contributed by atoms with Gasteiger partial charge in [-0.25, -0.2) is 13.1 Å². The zero-order valence-corrected chi connectivity index (χ0v) is 24.5. The molecule has 0 saturated carbocycles. The second-order valence-electron chi connectivity index (χ2n) is 10.2. The van der Waals surface area contributed by atoms with Crippen molar-refractivity contribution in [3.63, 3.8) is 0 Å². The summed E-state index contributed by atoms with van der Waals surface area (Å²) in [6.45, 7) is 2.58. The third kappa shape index (κ3) is 5.40. The minimum absolute atomic E-state index is 0.108. The van der Waals surface area contributed by atoms with Crippen molar-refractivity contribution in [1.82, 2.24) is 19.0 Å². The Morgan fingerprint density at radius 1 is 1.00 bits per heavy atom. The molecule has 2 aromatic heterocycles. The number of benzene rings is 2. The number of para-hydroxylation sites is 1. The summed E-state index contributed by atoms with van der Waals surface area (Å²) in [4.78, 5) is 28.0. The van der Waals surface area contributed by atoms with E-state index >= 15 is 0 Å². The molecule has 222 valence electrons. The van der Waals surface area contributed by atoms with Crippen LogP contribution < -0.4 is 0 Å². The molecule has 44 heavy (non-hydrogen) atoms. The van der Waals surface area contributed by atoms with Gasteiger partial charge < -0.3 is 9.15 Å². The number of aromatic nitrogens is 2. The molecule has 11 nitrogen and oxygen atoms in total. The summed E-state index contributed by atoms with van der Waals surface area (Å²) in [6, 6.07) is 21.0. The number of morpholine rings is 1. The van der Waals surface area contributed by atoms with E-state index in [1.807, 2.05) is 36.4 Å². The molecule has 4 aromatic rings. The zero-order chi connectivity index (χ0) is 30.8. The molecule has 1 fully saturated rings. The number of hydrogen-bond acceptors (Lipinski definition) is 8. The second kappa shape index (κ2) is 11.9. The first kappa shape index (κ1) is 29.0. The molecule has 6 rings (SSSR count). The Morgan fingerprint density at radius 3 is 2.48 bits per heavy atom. The summed E-state index contributed by atoms with van der Waals surface area (Å²) < 4.78 is 40.6. The SMILES string of the molecule is CC1=C(C#N)C(=O)N(Cc2ccco2)C(=O)/C1=C/c1cn(-c2ccccc2)nc1-c1cccc(S(=O)(=O)N2CCOCC2)c1. The van der Waals surface area contributed by atoms with E-state index in [1.54, 1.807) is 54.2 Å². The molecule has 0 atom stereocenters. The van der Waals surface area contributed by atoms with Gasteiger partial charge in [0.05, 0.1) is 36.6 Å². The number of amides is 2. The molecular formula is C32H27N5O6S. The number of nitrogens with zero attached hydrogens (tertiary/aromatic N) is 5. The molecule has 0 aliphatic carbocycles. The number of ether oxygens (including phenoxy) is 1. The second-order valence-corrected chi connectivity index (χ2v) is 12.1. The van der Waals surface area contributed by atoms with Crippen LogP contribution in [0.25, 0.3) is 23.0 Å². The lowest BCUT2D eigenvalue weighted by Crippen LogP contribution is -2.42. The summed E-state index contributed by atoms with van der Waals surface area (Å²) in [7, 11) is -3.79. The van der Waals surface area contributed by atoms with E-state index in [-0.39, 0.29) is 41.2 Å². The lowest BCUT2D eigenvalue weighted by Gasteiger charge is -2.26. The Kier molecular flexibility index (Phi) is 7.84. The number of hydrogen-bond donors (Lipinski definition) is 0. The molecule has 1 saturated heterocycles. The summed E-state index contributed by atoms with van der Waals surface area (Å²) >= 11 is 0. The van der Waals surface area contributed by atoms with Crippen LogP contribution in [0.1, 0.15) is 18.2 Å². The highest BCUT2D eigenvalue weighted by Gasteiger charge is 2.36. The highest BCUT2D eigenvalue weighted by atomic mass is 32.2. The topological polar surface area (TPSA) is 139 Å². The maximum atomic E-state index is 13.8. The number of carbonyl (C=O) groups is 2. The molecule has 0 bridgehead atoms. The van der Waals surface area contributed by atoms with Crippen LogP contribution in [0.15, 0.2) is 105 Å². The Morgan fingerprint density at radius 2 is 1.77 bits per heavy atom. The van der Waals surface area contributed by atoms with Crippen molar-refractivity contribution >= 4 is 27.9 Å². The van der Waals surface area contributed by atoms with Gasteiger partial charge in [0.15, 0.2) is 0 Å². The monoisotopic (exact) mass is 609 g/mol. The fraction of sp³-hybridized carbons (Fsp3) is 0.188. The number of furan rings is 1. The first-order valence-corrected chi connectivity index (χ1v) is 15.3. The first-order valence-electron chi connectivity index (χ1n) is 13.8. The van der Waals surface area contributed by atoms with Crippen LogP contribution in [-0.2, 0) is 30.9 Å². The van der Waals surface area contributed by atoms with Gasteiger partial charge in [0, 0.05) is 36.0 Å². The van der Waals surface area contributed by atoms with E-state index in [4.69, 9.17) is 14.3 Å². The predicted molar refractivity (Wildman–Crippen MR) is 159 cm³/mol. The molecule has 2 aromatic carbocycles. The fourth-order valence-electron chi connectivity index (χ4n) is 5.16. The van der Waals surface area contributed by atoms with Gasteiger partial charge in [-0.2, -0.15) is 14.7 Å². The van der Waals surface area contributed by atoms with Crippen molar-refractivity contribution in [1.29, 1.82) is 5.26 Å². The Bertz CT molecular complexity index is 1950. The fourth-order valence-corrected chi connectivity index (χ4v) is 6.61. The van der Waals surface area contributed by atoms with E-state index in [9.17, 15) is 23.3 Å². The van der Waals surface area contributed by atoms with E-state index in [2.05, 4.69) is 0 Å². The smallest absolute Gasteiger partial charge is 0.272 e. The molecule has 0 unspecified atom stereocenters. The summed E-state index contributed by atoms with van der Waals surface area (Å²) in [5.74, 6) is -0.909. The molecule has 2 aliphatic rings. The van der Waals surface area contributed by atoms with Gasteiger partial charge in [0.2, 0.25) is 10.0 Å². The van der Waals surface area contributed by atoms with Crippen molar-refractivity contribution in [3.05, 3.63) is 107 Å².